The topological polar surface area (TPSA) is 79.2 Å². The molecule has 0 radical (unpaired) electrons. The highest BCUT2D eigenvalue weighted by Crippen LogP contribution is 2.41. The molecular formula is C25H28N2O3S2. The van der Waals surface area contributed by atoms with Crippen LogP contribution >= 0.6 is 11.3 Å². The van der Waals surface area contributed by atoms with Gasteiger partial charge in [0, 0.05) is 20.2 Å². The molecule has 5 nitrogen and oxygen atoms in total. The molecule has 1 aliphatic heterocycles. The Hall–Kier alpha value is -2.56. The van der Waals surface area contributed by atoms with E-state index in [4.69, 9.17) is 10.1 Å². The molecule has 7 heteroatoms. The van der Waals surface area contributed by atoms with Crippen molar-refractivity contribution >= 4 is 47.2 Å². The monoisotopic (exact) mass is 468 g/mol. The molecule has 0 unspecified atom stereocenters. The highest BCUT2D eigenvalue weighted by Gasteiger charge is 2.50. The molecule has 1 atom stereocenters. The third-order valence-electron chi connectivity index (χ3n) is 6.09. The molecule has 1 aliphatic rings. The molecule has 1 saturated heterocycles. The van der Waals surface area contributed by atoms with Crippen LogP contribution in [0.5, 0.6) is 5.75 Å². The Morgan fingerprint density at radius 3 is 2.44 bits per heavy atom. The lowest BCUT2D eigenvalue weighted by molar-refractivity contribution is 0.242. The van der Waals surface area contributed by atoms with Crippen molar-refractivity contribution in [2.75, 3.05) is 5.75 Å². The Bertz CT molecular complexity index is 1420. The normalized spacial score (nSPS) is 21.9. The van der Waals surface area contributed by atoms with E-state index >= 15 is 0 Å². The average molecular weight is 469 g/mol. The summed E-state index contributed by atoms with van der Waals surface area (Å²) in [4.78, 5) is 0. The Morgan fingerprint density at radius 1 is 1.12 bits per heavy atom. The summed E-state index contributed by atoms with van der Waals surface area (Å²) in [7, 11) is -3.50. The van der Waals surface area contributed by atoms with Crippen molar-refractivity contribution in [3.05, 3.63) is 41.5 Å². The fourth-order valence-electron chi connectivity index (χ4n) is 4.06. The number of sulfone groups is 1. The zero-order valence-electron chi connectivity index (χ0n) is 19.2. The third-order valence-corrected chi connectivity index (χ3v) is 9.94. The van der Waals surface area contributed by atoms with E-state index in [1.807, 2.05) is 39.0 Å². The lowest BCUT2D eigenvalue weighted by Gasteiger charge is -2.43. The van der Waals surface area contributed by atoms with E-state index in [0.29, 0.717) is 0 Å². The van der Waals surface area contributed by atoms with Gasteiger partial charge in [-0.3, -0.25) is 5.41 Å². The fourth-order valence-corrected chi connectivity index (χ4v) is 6.88. The number of hydrogen-bond donors (Lipinski definition) is 2. The summed E-state index contributed by atoms with van der Waals surface area (Å²) in [5, 5.41) is 13.7. The number of amidine groups is 1. The Kier molecular flexibility index (Phi) is 5.30. The Morgan fingerprint density at radius 2 is 1.81 bits per heavy atom. The van der Waals surface area contributed by atoms with Crippen LogP contribution in [0.15, 0.2) is 30.3 Å². The van der Waals surface area contributed by atoms with Crippen LogP contribution in [0.25, 0.3) is 20.2 Å². The zero-order chi connectivity index (χ0) is 23.5. The van der Waals surface area contributed by atoms with Crippen LogP contribution in [-0.2, 0) is 15.4 Å². The summed E-state index contributed by atoms with van der Waals surface area (Å²) in [5.41, 5.74) is 0.812. The minimum atomic E-state index is -3.50. The summed E-state index contributed by atoms with van der Waals surface area (Å²) >= 11 is 1.67. The van der Waals surface area contributed by atoms with Gasteiger partial charge in [0.05, 0.1) is 23.0 Å². The van der Waals surface area contributed by atoms with Gasteiger partial charge in [-0.1, -0.05) is 12.0 Å². The maximum Gasteiger partial charge on any atom is 0.165 e. The van der Waals surface area contributed by atoms with Crippen LogP contribution < -0.4 is 10.1 Å². The van der Waals surface area contributed by atoms with Crippen LogP contribution in [0.4, 0.5) is 0 Å². The van der Waals surface area contributed by atoms with E-state index in [2.05, 4.69) is 29.3 Å². The molecule has 0 bridgehead atoms. The molecule has 0 spiro atoms. The molecule has 2 heterocycles. The summed E-state index contributed by atoms with van der Waals surface area (Å²) < 4.78 is 32.9. The molecule has 168 valence electrons. The average Bonchev–Trinajstić information content (AvgIpc) is 3.03. The van der Waals surface area contributed by atoms with E-state index < -0.39 is 20.1 Å². The molecule has 32 heavy (non-hydrogen) atoms. The van der Waals surface area contributed by atoms with Crippen LogP contribution in [-0.4, -0.2) is 30.9 Å². The summed E-state index contributed by atoms with van der Waals surface area (Å²) in [6.07, 6.45) is 0.0460. The predicted molar refractivity (Wildman–Crippen MR) is 134 cm³/mol. The number of rotatable bonds is 3. The van der Waals surface area contributed by atoms with E-state index in [1.165, 1.54) is 0 Å². The molecule has 2 N–H and O–H groups in total. The minimum absolute atomic E-state index is 0.0255. The molecule has 1 fully saturated rings. The van der Waals surface area contributed by atoms with Gasteiger partial charge < -0.3 is 10.1 Å². The number of thiophene rings is 1. The molecule has 0 saturated carbocycles. The van der Waals surface area contributed by atoms with Crippen molar-refractivity contribution in [2.24, 2.45) is 0 Å². The van der Waals surface area contributed by atoms with Gasteiger partial charge in [0.25, 0.3) is 0 Å². The second-order valence-electron chi connectivity index (χ2n) is 9.30. The zero-order valence-corrected chi connectivity index (χ0v) is 20.8. The molecular weight excluding hydrogens is 440 g/mol. The first-order valence-electron chi connectivity index (χ1n) is 10.6. The van der Waals surface area contributed by atoms with E-state index in [-0.39, 0.29) is 17.7 Å². The highest BCUT2D eigenvalue weighted by atomic mass is 32.2. The highest BCUT2D eigenvalue weighted by molar-refractivity contribution is 7.93. The van der Waals surface area contributed by atoms with Crippen LogP contribution in [0.1, 0.15) is 52.7 Å². The van der Waals surface area contributed by atoms with Crippen molar-refractivity contribution in [2.45, 2.75) is 57.9 Å². The lowest BCUT2D eigenvalue weighted by atomic mass is 9.91. The van der Waals surface area contributed by atoms with Crippen molar-refractivity contribution in [1.29, 1.82) is 5.41 Å². The molecule has 1 aromatic heterocycles. The van der Waals surface area contributed by atoms with Gasteiger partial charge in [0.1, 0.15) is 16.3 Å². The number of nitrogens with one attached hydrogen (secondary N) is 2. The predicted octanol–water partition coefficient (Wildman–Crippen LogP) is 5.20. The number of benzene rings is 2. The van der Waals surface area contributed by atoms with Gasteiger partial charge in [0.15, 0.2) is 9.84 Å². The second-order valence-corrected chi connectivity index (χ2v) is 12.9. The quantitative estimate of drug-likeness (QED) is 0.518. The second kappa shape index (κ2) is 7.50. The van der Waals surface area contributed by atoms with Gasteiger partial charge >= 0.3 is 0 Å². The number of ether oxygens (including phenoxy) is 1. The van der Waals surface area contributed by atoms with E-state index in [0.717, 1.165) is 37.0 Å². The Balaban J connectivity index is 1.88. The van der Waals surface area contributed by atoms with Crippen LogP contribution in [0, 0.1) is 17.3 Å². The van der Waals surface area contributed by atoms with E-state index in [9.17, 15) is 8.42 Å². The van der Waals surface area contributed by atoms with Crippen LogP contribution in [0.2, 0.25) is 0 Å². The first kappa shape index (κ1) is 22.6. The fraction of sp³-hybridized carbons (Fsp3) is 0.400. The standard InChI is InChI=1S/C25H28N2O3S2/c1-7-8-16-11-18-19-12-17(25(6)14-32(28,29)24(4,5)23(26)27-25)9-10-21(19)31-22(18)13-20(16)30-15(2)3/h9-13,15H,14H2,1-6H3,(H2,26,27)/t25-/m0/s1. The number of fused-ring (bicyclic) bond motifs is 3. The molecule has 3 aromatic rings. The van der Waals surface area contributed by atoms with Gasteiger partial charge in [-0.25, -0.2) is 8.42 Å². The maximum atomic E-state index is 13.0. The van der Waals surface area contributed by atoms with Gasteiger partial charge in [-0.2, -0.15) is 0 Å². The van der Waals surface area contributed by atoms with E-state index in [1.54, 1.807) is 32.1 Å². The smallest absolute Gasteiger partial charge is 0.165 e. The summed E-state index contributed by atoms with van der Waals surface area (Å²) in [6.45, 7) is 10.8. The first-order chi connectivity index (χ1) is 14.9. The van der Waals surface area contributed by atoms with Crippen molar-refractivity contribution in [1.82, 2.24) is 5.32 Å². The molecule has 4 rings (SSSR count). The van der Waals surface area contributed by atoms with Crippen molar-refractivity contribution < 1.29 is 13.2 Å². The molecule has 0 aliphatic carbocycles. The lowest BCUT2D eigenvalue weighted by Crippen LogP contribution is -2.63. The summed E-state index contributed by atoms with van der Waals surface area (Å²) in [5.74, 6) is 6.85. The van der Waals surface area contributed by atoms with Gasteiger partial charge in [-0.15, -0.1) is 17.3 Å². The largest absolute Gasteiger partial charge is 0.490 e. The Labute approximate surface area is 193 Å². The molecule has 2 aromatic carbocycles. The minimum Gasteiger partial charge on any atom is -0.490 e. The third kappa shape index (κ3) is 3.56. The first-order valence-corrected chi connectivity index (χ1v) is 13.0. The van der Waals surface area contributed by atoms with Gasteiger partial charge in [-0.05, 0) is 71.4 Å². The maximum absolute atomic E-state index is 13.0. The summed E-state index contributed by atoms with van der Waals surface area (Å²) in [6, 6.07) is 10.2. The van der Waals surface area contributed by atoms with Crippen molar-refractivity contribution in [3.8, 4) is 17.6 Å². The van der Waals surface area contributed by atoms with Crippen molar-refractivity contribution in [3.63, 3.8) is 0 Å². The molecule has 0 amide bonds. The van der Waals surface area contributed by atoms with Gasteiger partial charge in [0.2, 0.25) is 0 Å². The number of hydrogen-bond acceptors (Lipinski definition) is 5. The SMILES string of the molecule is CC#Cc1cc2c(cc1OC(C)C)sc1ccc([C@]3(C)CS(=O)(=O)C(C)(C)C(=N)N3)cc12. The van der Waals surface area contributed by atoms with Crippen LogP contribution in [0.3, 0.4) is 0 Å².